The van der Waals surface area contributed by atoms with Gasteiger partial charge in [-0.3, -0.25) is 4.99 Å². The third-order valence-corrected chi connectivity index (χ3v) is 6.97. The third kappa shape index (κ3) is 8.52. The van der Waals surface area contributed by atoms with Crippen LogP contribution in [0, 0.1) is 11.8 Å². The number of aliphatic imine (C=N–C) groups is 1. The van der Waals surface area contributed by atoms with Crippen LogP contribution in [0.5, 0.6) is 5.75 Å². The third-order valence-electron chi connectivity index (χ3n) is 5.13. The molecule has 2 N–H and O–H groups in total. The van der Waals surface area contributed by atoms with E-state index in [0.717, 1.165) is 43.5 Å². The summed E-state index contributed by atoms with van der Waals surface area (Å²) in [6.45, 7) is 6.85. The summed E-state index contributed by atoms with van der Waals surface area (Å²) >= 11 is 0. The zero-order chi connectivity index (χ0) is 21.4. The van der Waals surface area contributed by atoms with Crippen LogP contribution in [0.3, 0.4) is 0 Å². The second kappa shape index (κ2) is 11.0. The fourth-order valence-electron chi connectivity index (χ4n) is 3.32. The van der Waals surface area contributed by atoms with Gasteiger partial charge in [-0.2, -0.15) is 0 Å². The first-order chi connectivity index (χ1) is 14.4. The summed E-state index contributed by atoms with van der Waals surface area (Å²) < 4.78 is 34.8. The van der Waals surface area contributed by atoms with Crippen LogP contribution in [0.25, 0.3) is 0 Å². The lowest BCUT2D eigenvalue weighted by Crippen LogP contribution is -2.33. The highest BCUT2D eigenvalue weighted by Crippen LogP contribution is 2.28. The summed E-state index contributed by atoms with van der Waals surface area (Å²) in [4.78, 5) is 4.65. The summed E-state index contributed by atoms with van der Waals surface area (Å²) in [5, 5.41) is 6.66. The minimum absolute atomic E-state index is 0.0947. The molecule has 30 heavy (non-hydrogen) atoms. The molecule has 0 spiro atoms. The van der Waals surface area contributed by atoms with Crippen molar-refractivity contribution in [2.24, 2.45) is 16.8 Å². The molecule has 1 heterocycles. The molecule has 1 atom stereocenters. The number of benzene rings is 1. The number of hydrogen-bond donors (Lipinski definition) is 2. The molecule has 1 aromatic rings. The van der Waals surface area contributed by atoms with Gasteiger partial charge in [-0.05, 0) is 75.6 Å². The normalized spacial score (nSPS) is 21.0. The molecule has 168 valence electrons. The Morgan fingerprint density at radius 1 is 1.17 bits per heavy atom. The molecule has 7 nitrogen and oxygen atoms in total. The maximum Gasteiger partial charge on any atom is 0.195 e. The Morgan fingerprint density at radius 2 is 1.93 bits per heavy atom. The lowest BCUT2D eigenvalue weighted by atomic mass is 10.1. The number of ether oxygens (including phenoxy) is 2. The Balaban J connectivity index is 1.51. The smallest absolute Gasteiger partial charge is 0.195 e. The van der Waals surface area contributed by atoms with Crippen molar-refractivity contribution in [1.82, 2.24) is 5.32 Å². The van der Waals surface area contributed by atoms with Gasteiger partial charge in [0.05, 0.1) is 17.6 Å². The predicted molar refractivity (Wildman–Crippen MR) is 121 cm³/mol. The fraction of sp³-hybridized carbons (Fsp3) is 0.682. The highest BCUT2D eigenvalue weighted by molar-refractivity contribution is 7.91. The second-order valence-electron chi connectivity index (χ2n) is 8.57. The molecule has 0 bridgehead atoms. The van der Waals surface area contributed by atoms with Gasteiger partial charge in [0.25, 0.3) is 0 Å². The van der Waals surface area contributed by atoms with Crippen molar-refractivity contribution in [2.45, 2.75) is 45.6 Å². The molecule has 8 heteroatoms. The van der Waals surface area contributed by atoms with Crippen LogP contribution in [-0.2, 0) is 14.6 Å². The number of hydrogen-bond acceptors (Lipinski definition) is 5. The first-order valence-corrected chi connectivity index (χ1v) is 12.8. The maximum absolute atomic E-state index is 11.7. The minimum atomic E-state index is -2.89. The van der Waals surface area contributed by atoms with Gasteiger partial charge >= 0.3 is 0 Å². The molecule has 2 aliphatic rings. The quantitative estimate of drug-likeness (QED) is 0.314. The van der Waals surface area contributed by atoms with Crippen molar-refractivity contribution in [1.29, 1.82) is 0 Å². The monoisotopic (exact) mass is 437 g/mol. The second-order valence-corrected chi connectivity index (χ2v) is 10.8. The van der Waals surface area contributed by atoms with Crippen LogP contribution < -0.4 is 15.4 Å². The van der Waals surface area contributed by atoms with Crippen LogP contribution in [-0.4, -0.2) is 58.3 Å². The van der Waals surface area contributed by atoms with Crippen LogP contribution in [0.1, 0.15) is 39.5 Å². The number of guanidine groups is 1. The molecule has 1 aliphatic carbocycles. The molecule has 1 saturated heterocycles. The molecule has 1 aromatic carbocycles. The molecular weight excluding hydrogens is 402 g/mol. The Morgan fingerprint density at radius 3 is 2.57 bits per heavy atom. The van der Waals surface area contributed by atoms with E-state index < -0.39 is 9.84 Å². The molecular formula is C22H35N3O4S. The molecule has 1 saturated carbocycles. The van der Waals surface area contributed by atoms with E-state index in [1.54, 1.807) is 0 Å². The van der Waals surface area contributed by atoms with Gasteiger partial charge in [0.1, 0.15) is 5.75 Å². The van der Waals surface area contributed by atoms with Crippen molar-refractivity contribution < 1.29 is 17.9 Å². The average molecular weight is 438 g/mol. The summed E-state index contributed by atoms with van der Waals surface area (Å²) in [7, 11) is -2.89. The van der Waals surface area contributed by atoms with Crippen LogP contribution >= 0.6 is 0 Å². The van der Waals surface area contributed by atoms with E-state index in [2.05, 4.69) is 15.6 Å². The molecule has 0 radical (unpaired) electrons. The maximum atomic E-state index is 11.7. The van der Waals surface area contributed by atoms with Gasteiger partial charge in [0.15, 0.2) is 15.8 Å². The van der Waals surface area contributed by atoms with Crippen molar-refractivity contribution in [3.8, 4) is 5.75 Å². The molecule has 3 rings (SSSR count). The van der Waals surface area contributed by atoms with Gasteiger partial charge < -0.3 is 20.1 Å². The zero-order valence-corrected chi connectivity index (χ0v) is 18.9. The SMILES string of the molecule is CC(C)Oc1ccc(NC(=NCC2CCS(=O)(=O)C2)NCCCOCC2CC2)cc1. The molecule has 2 fully saturated rings. The van der Waals surface area contributed by atoms with Crippen molar-refractivity contribution >= 4 is 21.5 Å². The standard InChI is InChI=1S/C22H35N3O4S/c1-17(2)29-21-8-6-20(7-9-21)25-22(23-11-3-12-28-15-18-4-5-18)24-14-19-10-13-30(26,27)16-19/h6-9,17-19H,3-5,10-16H2,1-2H3,(H2,23,24,25). The highest BCUT2D eigenvalue weighted by Gasteiger charge is 2.27. The van der Waals surface area contributed by atoms with Gasteiger partial charge in [-0.15, -0.1) is 0 Å². The number of sulfone groups is 1. The van der Waals surface area contributed by atoms with Crippen molar-refractivity contribution in [2.75, 3.05) is 43.1 Å². The van der Waals surface area contributed by atoms with Crippen molar-refractivity contribution in [3.63, 3.8) is 0 Å². The fourth-order valence-corrected chi connectivity index (χ4v) is 5.17. The Bertz CT molecular complexity index is 789. The van der Waals surface area contributed by atoms with Gasteiger partial charge in [-0.1, -0.05) is 0 Å². The van der Waals surface area contributed by atoms with E-state index in [1.165, 1.54) is 12.8 Å². The Kier molecular flexibility index (Phi) is 8.39. The van der Waals surface area contributed by atoms with Crippen LogP contribution in [0.4, 0.5) is 5.69 Å². The Hall–Kier alpha value is -1.80. The van der Waals surface area contributed by atoms with Crippen LogP contribution in [0.15, 0.2) is 29.3 Å². The van der Waals surface area contributed by atoms with Crippen molar-refractivity contribution in [3.05, 3.63) is 24.3 Å². The number of anilines is 1. The average Bonchev–Trinajstić information content (AvgIpc) is 3.45. The molecule has 0 amide bonds. The van der Waals surface area contributed by atoms with E-state index in [4.69, 9.17) is 9.47 Å². The predicted octanol–water partition coefficient (Wildman–Crippen LogP) is 3.08. The van der Waals surface area contributed by atoms with Gasteiger partial charge in [0, 0.05) is 32.0 Å². The van der Waals surface area contributed by atoms with E-state index in [1.807, 2.05) is 38.1 Å². The number of rotatable bonds is 11. The van der Waals surface area contributed by atoms with E-state index in [0.29, 0.717) is 18.9 Å². The summed E-state index contributed by atoms with van der Waals surface area (Å²) in [6, 6.07) is 7.76. The first-order valence-electron chi connectivity index (χ1n) is 11.0. The number of nitrogens with one attached hydrogen (secondary N) is 2. The van der Waals surface area contributed by atoms with E-state index >= 15 is 0 Å². The topological polar surface area (TPSA) is 89.0 Å². The van der Waals surface area contributed by atoms with Gasteiger partial charge in [0.2, 0.25) is 0 Å². The Labute approximate surface area is 180 Å². The zero-order valence-electron chi connectivity index (χ0n) is 18.1. The lowest BCUT2D eigenvalue weighted by molar-refractivity contribution is 0.123. The van der Waals surface area contributed by atoms with E-state index in [-0.39, 0.29) is 23.5 Å². The lowest BCUT2D eigenvalue weighted by Gasteiger charge is -2.15. The molecule has 1 aliphatic heterocycles. The summed E-state index contributed by atoms with van der Waals surface area (Å²) in [5.74, 6) is 2.88. The largest absolute Gasteiger partial charge is 0.491 e. The van der Waals surface area contributed by atoms with Gasteiger partial charge in [-0.25, -0.2) is 8.42 Å². The first kappa shape index (κ1) is 22.9. The highest BCUT2D eigenvalue weighted by atomic mass is 32.2. The molecule has 1 unspecified atom stereocenters. The molecule has 0 aromatic heterocycles. The summed E-state index contributed by atoms with van der Waals surface area (Å²) in [6.07, 6.45) is 4.32. The number of nitrogens with zero attached hydrogens (tertiary/aromatic N) is 1. The minimum Gasteiger partial charge on any atom is -0.491 e. The van der Waals surface area contributed by atoms with E-state index in [9.17, 15) is 8.42 Å². The van der Waals surface area contributed by atoms with Crippen LogP contribution in [0.2, 0.25) is 0 Å². The summed E-state index contributed by atoms with van der Waals surface area (Å²) in [5.41, 5.74) is 0.904.